The molecule has 0 aromatic heterocycles. The number of likely N-dealkylation sites (N-methyl/N-ethyl adjacent to an activating group) is 1. The molecule has 8 nitrogen and oxygen atoms in total. The molecule has 0 spiro atoms. The lowest BCUT2D eigenvalue weighted by Gasteiger charge is -2.34. The first-order valence-corrected chi connectivity index (χ1v) is 28.0. The first kappa shape index (κ1) is 64.8. The molecule has 0 amide bonds. The molecule has 0 fully saturated rings. The Morgan fingerprint density at radius 1 is 0.441 bits per heavy atom. The minimum Gasteiger partial charge on any atom is -0.544 e. The zero-order chi connectivity index (χ0) is 49.9. The number of carbonyl (C=O) groups is 3. The molecule has 0 aliphatic heterocycles. The van der Waals surface area contributed by atoms with E-state index in [-0.39, 0.29) is 42.7 Å². The van der Waals surface area contributed by atoms with E-state index in [0.29, 0.717) is 12.8 Å². The van der Waals surface area contributed by atoms with E-state index in [1.54, 1.807) is 21.1 Å². The minimum atomic E-state index is -1.13. The van der Waals surface area contributed by atoms with Crippen LogP contribution in [0.25, 0.3) is 0 Å². The highest BCUT2D eigenvalue weighted by molar-refractivity contribution is 5.70. The van der Waals surface area contributed by atoms with Crippen LogP contribution in [0.4, 0.5) is 0 Å². The maximum atomic E-state index is 12.8. The van der Waals surface area contributed by atoms with Crippen LogP contribution in [0.3, 0.4) is 0 Å². The van der Waals surface area contributed by atoms with Gasteiger partial charge in [-0.3, -0.25) is 9.59 Å². The summed E-state index contributed by atoms with van der Waals surface area (Å²) in [6.07, 6.45) is 65.1. The normalized spacial score (nSPS) is 13.4. The van der Waals surface area contributed by atoms with Crippen LogP contribution in [0, 0.1) is 0 Å². The molecular formula is C60H105NO7. The molecule has 392 valence electrons. The van der Waals surface area contributed by atoms with Gasteiger partial charge >= 0.3 is 11.9 Å². The number of allylic oxidation sites excluding steroid dienone is 12. The molecule has 0 saturated carbocycles. The number of nitrogens with zero attached hydrogens (tertiary/aromatic N) is 1. The Bertz CT molecular complexity index is 1340. The summed E-state index contributed by atoms with van der Waals surface area (Å²) in [6.45, 7) is 4.62. The van der Waals surface area contributed by atoms with E-state index >= 15 is 0 Å². The largest absolute Gasteiger partial charge is 0.544 e. The molecule has 0 aliphatic rings. The number of carboxylic acid groups (broad SMARTS) is 1. The van der Waals surface area contributed by atoms with Gasteiger partial charge in [0.1, 0.15) is 12.6 Å². The van der Waals surface area contributed by atoms with E-state index in [0.717, 1.165) is 89.9 Å². The molecule has 2 atom stereocenters. The lowest BCUT2D eigenvalue weighted by atomic mass is 10.1. The number of carboxylic acids is 1. The van der Waals surface area contributed by atoms with Crippen molar-refractivity contribution in [2.75, 3.05) is 41.0 Å². The highest BCUT2D eigenvalue weighted by atomic mass is 16.6. The molecule has 68 heavy (non-hydrogen) atoms. The highest BCUT2D eigenvalue weighted by Gasteiger charge is 2.25. The quantitative estimate of drug-likeness (QED) is 0.0259. The zero-order valence-corrected chi connectivity index (χ0v) is 44.8. The highest BCUT2D eigenvalue weighted by Crippen LogP contribution is 2.15. The fourth-order valence-corrected chi connectivity index (χ4v) is 7.97. The molecule has 0 bridgehead atoms. The number of hydrogen-bond donors (Lipinski definition) is 0. The summed E-state index contributed by atoms with van der Waals surface area (Å²) in [4.78, 5) is 37.1. The second-order valence-corrected chi connectivity index (χ2v) is 19.8. The number of ether oxygens (including phenoxy) is 3. The monoisotopic (exact) mass is 952 g/mol. The molecule has 0 aromatic carbocycles. The maximum absolute atomic E-state index is 12.8. The van der Waals surface area contributed by atoms with Gasteiger partial charge in [-0.15, -0.1) is 0 Å². The zero-order valence-electron chi connectivity index (χ0n) is 44.8. The van der Waals surface area contributed by atoms with Gasteiger partial charge < -0.3 is 28.6 Å². The van der Waals surface area contributed by atoms with Gasteiger partial charge in [0.05, 0.1) is 40.3 Å². The molecule has 0 aliphatic carbocycles. The van der Waals surface area contributed by atoms with Crippen molar-refractivity contribution in [2.24, 2.45) is 0 Å². The van der Waals surface area contributed by atoms with Crippen LogP contribution in [0.5, 0.6) is 0 Å². The number of quaternary nitrogens is 1. The summed E-state index contributed by atoms with van der Waals surface area (Å²) in [6, 6.07) is -0.735. The standard InChI is InChI=1S/C60H105NO7/c1-6-8-10-12-14-16-18-20-22-24-26-28-29-31-33-35-37-39-41-43-45-47-49-51-59(63)68-56(54-66-53-52-57(60(64)65)61(3,4)5)55-67-58(62)50-48-46-44-42-40-38-36-34-32-30-27-25-23-21-19-17-15-13-11-9-7-2/h15,17,21,23,26-28,30-31,33-34,36,56-57H,6-14,16,18-20,22,24-25,29,32,35,37-55H2,1-5H3/b17-15+,23-21+,28-26+,30-27+,33-31+,36-34+. The molecule has 0 N–H and O–H groups in total. The molecule has 0 heterocycles. The van der Waals surface area contributed by atoms with Gasteiger partial charge in [-0.1, -0.05) is 202 Å². The van der Waals surface area contributed by atoms with Gasteiger partial charge in [-0.2, -0.15) is 0 Å². The summed E-state index contributed by atoms with van der Waals surface area (Å²) in [5.74, 6) is -1.77. The summed E-state index contributed by atoms with van der Waals surface area (Å²) in [7, 11) is 5.41. The summed E-state index contributed by atoms with van der Waals surface area (Å²) < 4.78 is 17.3. The van der Waals surface area contributed by atoms with Crippen LogP contribution in [0.2, 0.25) is 0 Å². The average molecular weight is 952 g/mol. The van der Waals surface area contributed by atoms with Crippen molar-refractivity contribution in [3.8, 4) is 0 Å². The Morgan fingerprint density at radius 3 is 1.18 bits per heavy atom. The second-order valence-electron chi connectivity index (χ2n) is 19.8. The number of rotatable bonds is 50. The van der Waals surface area contributed by atoms with E-state index in [9.17, 15) is 19.5 Å². The Balaban J connectivity index is 4.27. The van der Waals surface area contributed by atoms with Gasteiger partial charge in [-0.05, 0) is 89.9 Å². The van der Waals surface area contributed by atoms with Crippen LogP contribution >= 0.6 is 0 Å². The van der Waals surface area contributed by atoms with Crippen molar-refractivity contribution < 1.29 is 38.2 Å². The summed E-state index contributed by atoms with van der Waals surface area (Å²) in [5.41, 5.74) is 0. The average Bonchev–Trinajstić information content (AvgIpc) is 3.30. The first-order chi connectivity index (χ1) is 33.1. The predicted octanol–water partition coefficient (Wildman–Crippen LogP) is 15.3. The molecule has 0 aromatic rings. The Morgan fingerprint density at radius 2 is 0.779 bits per heavy atom. The third-order valence-corrected chi connectivity index (χ3v) is 12.3. The Kier molecular flexibility index (Phi) is 47.8. The van der Waals surface area contributed by atoms with Gasteiger partial charge in [-0.25, -0.2) is 0 Å². The molecule has 2 unspecified atom stereocenters. The smallest absolute Gasteiger partial charge is 0.306 e. The lowest BCUT2D eigenvalue weighted by molar-refractivity contribution is -0.889. The van der Waals surface area contributed by atoms with E-state index in [4.69, 9.17) is 14.2 Å². The molecule has 0 radical (unpaired) electrons. The van der Waals surface area contributed by atoms with Crippen LogP contribution in [-0.2, 0) is 28.6 Å². The SMILES string of the molecule is CCCCC/C=C/C/C=C/C/C=C/C/C=C/CCCCCCCC(=O)OCC(COCCC(C(=O)[O-])[N+](C)(C)C)OC(=O)CCCCCCCCC/C=C/C/C=C/CCCCCCCCCCC. The van der Waals surface area contributed by atoms with E-state index < -0.39 is 18.1 Å². The van der Waals surface area contributed by atoms with Gasteiger partial charge in [0.25, 0.3) is 0 Å². The van der Waals surface area contributed by atoms with Gasteiger partial charge in [0, 0.05) is 19.3 Å². The number of unbranched alkanes of at least 4 members (excludes halogenated alkanes) is 24. The fourth-order valence-electron chi connectivity index (χ4n) is 7.97. The van der Waals surface area contributed by atoms with Crippen molar-refractivity contribution in [1.82, 2.24) is 0 Å². The Labute approximate surface area is 419 Å². The van der Waals surface area contributed by atoms with Crippen molar-refractivity contribution in [3.05, 3.63) is 72.9 Å². The third-order valence-electron chi connectivity index (χ3n) is 12.3. The number of aliphatic carboxylic acids is 1. The van der Waals surface area contributed by atoms with Crippen molar-refractivity contribution in [3.63, 3.8) is 0 Å². The second kappa shape index (κ2) is 50.2. The predicted molar refractivity (Wildman–Crippen MR) is 286 cm³/mol. The summed E-state index contributed by atoms with van der Waals surface area (Å²) >= 11 is 0. The van der Waals surface area contributed by atoms with Crippen LogP contribution in [0.1, 0.15) is 239 Å². The van der Waals surface area contributed by atoms with Crippen molar-refractivity contribution in [1.29, 1.82) is 0 Å². The first-order valence-electron chi connectivity index (χ1n) is 28.0. The van der Waals surface area contributed by atoms with Crippen LogP contribution < -0.4 is 5.11 Å². The van der Waals surface area contributed by atoms with E-state index in [1.165, 1.54) is 116 Å². The van der Waals surface area contributed by atoms with E-state index in [2.05, 4.69) is 86.8 Å². The van der Waals surface area contributed by atoms with Crippen LogP contribution in [0.15, 0.2) is 72.9 Å². The number of carbonyl (C=O) groups excluding carboxylic acids is 3. The molecule has 0 rings (SSSR count). The number of esters is 2. The fraction of sp³-hybridized carbons (Fsp3) is 0.750. The topological polar surface area (TPSA) is 102 Å². The molecular weight excluding hydrogens is 847 g/mol. The van der Waals surface area contributed by atoms with Crippen molar-refractivity contribution in [2.45, 2.75) is 251 Å². The van der Waals surface area contributed by atoms with Gasteiger partial charge in [0.2, 0.25) is 0 Å². The van der Waals surface area contributed by atoms with E-state index in [1.807, 2.05) is 0 Å². The van der Waals surface area contributed by atoms with Crippen LogP contribution in [-0.4, -0.2) is 75.5 Å². The Hall–Kier alpha value is -3.23. The number of hydrogen-bond acceptors (Lipinski definition) is 7. The molecule has 0 saturated heterocycles. The summed E-state index contributed by atoms with van der Waals surface area (Å²) in [5, 5.41) is 11.7. The third kappa shape index (κ3) is 47.8. The van der Waals surface area contributed by atoms with Crippen molar-refractivity contribution >= 4 is 17.9 Å². The maximum Gasteiger partial charge on any atom is 0.306 e. The van der Waals surface area contributed by atoms with Gasteiger partial charge in [0.15, 0.2) is 6.10 Å². The lowest BCUT2D eigenvalue weighted by Crippen LogP contribution is -2.55. The minimum absolute atomic E-state index is 0.0284. The molecule has 8 heteroatoms.